The van der Waals surface area contributed by atoms with E-state index in [2.05, 4.69) is 53.2 Å². The fourth-order valence-electron chi connectivity index (χ4n) is 2.52. The lowest BCUT2D eigenvalue weighted by Crippen LogP contribution is -2.37. The third-order valence-corrected chi connectivity index (χ3v) is 4.53. The Labute approximate surface area is 178 Å². The summed E-state index contributed by atoms with van der Waals surface area (Å²) in [4.78, 5) is 4.75. The van der Waals surface area contributed by atoms with Crippen molar-refractivity contribution in [3.05, 3.63) is 53.9 Å². The van der Waals surface area contributed by atoms with Gasteiger partial charge in [0, 0.05) is 25.5 Å². The summed E-state index contributed by atoms with van der Waals surface area (Å²) in [5.74, 6) is 2.11. The van der Waals surface area contributed by atoms with Gasteiger partial charge in [0.25, 0.3) is 0 Å². The van der Waals surface area contributed by atoms with Crippen LogP contribution >= 0.6 is 35.7 Å². The Morgan fingerprint density at radius 3 is 2.65 bits per heavy atom. The second kappa shape index (κ2) is 13.9. The van der Waals surface area contributed by atoms with Gasteiger partial charge in [-0.3, -0.25) is 4.68 Å². The number of nitrogens with zero attached hydrogens (tertiary/aromatic N) is 3. The molecule has 2 aromatic rings. The van der Waals surface area contributed by atoms with E-state index in [-0.39, 0.29) is 24.0 Å². The summed E-state index contributed by atoms with van der Waals surface area (Å²) in [7, 11) is 0. The maximum Gasteiger partial charge on any atom is 0.191 e. The lowest BCUT2D eigenvalue weighted by molar-refractivity contribution is 0.680. The molecule has 2 N–H and O–H groups in total. The van der Waals surface area contributed by atoms with Crippen LogP contribution < -0.4 is 10.6 Å². The predicted molar refractivity (Wildman–Crippen MR) is 124 cm³/mol. The summed E-state index contributed by atoms with van der Waals surface area (Å²) in [6, 6.07) is 10.4. The van der Waals surface area contributed by atoms with E-state index in [0.717, 1.165) is 25.6 Å². The first kappa shape index (κ1) is 22.8. The Bertz CT molecular complexity index is 631. The fourth-order valence-corrected chi connectivity index (χ4v) is 3.01. The zero-order valence-corrected chi connectivity index (χ0v) is 18.8. The molecule has 0 radical (unpaired) electrons. The van der Waals surface area contributed by atoms with E-state index in [1.165, 1.54) is 29.7 Å². The van der Waals surface area contributed by atoms with Crippen molar-refractivity contribution < 1.29 is 0 Å². The first-order valence-electron chi connectivity index (χ1n) is 8.88. The van der Waals surface area contributed by atoms with Crippen LogP contribution in [0.1, 0.15) is 30.9 Å². The molecular formula is C19H30IN5S. The number of hydrogen-bond acceptors (Lipinski definition) is 3. The minimum absolute atomic E-state index is 0. The van der Waals surface area contributed by atoms with Gasteiger partial charge in [-0.1, -0.05) is 24.3 Å². The van der Waals surface area contributed by atoms with Gasteiger partial charge in [0.2, 0.25) is 0 Å². The number of thioether (sulfide) groups is 1. The highest BCUT2D eigenvalue weighted by Gasteiger charge is 2.04. The normalized spacial score (nSPS) is 11.1. The van der Waals surface area contributed by atoms with E-state index in [0.29, 0.717) is 6.54 Å². The summed E-state index contributed by atoms with van der Waals surface area (Å²) < 4.78 is 1.94. The summed E-state index contributed by atoms with van der Waals surface area (Å²) >= 11 is 1.90. The number of hydrogen-bond donors (Lipinski definition) is 2. The first-order chi connectivity index (χ1) is 12.3. The highest BCUT2D eigenvalue weighted by molar-refractivity contribution is 14.0. The van der Waals surface area contributed by atoms with Gasteiger partial charge in [-0.25, -0.2) is 4.99 Å². The Balaban J connectivity index is 0.00000338. The predicted octanol–water partition coefficient (Wildman–Crippen LogP) is 3.75. The highest BCUT2D eigenvalue weighted by Crippen LogP contribution is 2.11. The Hall–Kier alpha value is -1.22. The molecule has 0 spiro atoms. The van der Waals surface area contributed by atoms with Crippen LogP contribution in [0.5, 0.6) is 0 Å². The average Bonchev–Trinajstić information content (AvgIpc) is 3.13. The molecule has 1 aromatic heterocycles. The quantitative estimate of drug-likeness (QED) is 0.232. The van der Waals surface area contributed by atoms with Crippen LogP contribution in [0.15, 0.2) is 47.7 Å². The molecule has 7 heteroatoms. The highest BCUT2D eigenvalue weighted by atomic mass is 127. The van der Waals surface area contributed by atoms with Crippen molar-refractivity contribution in [3.8, 4) is 0 Å². The van der Waals surface area contributed by atoms with Crippen molar-refractivity contribution in [2.24, 2.45) is 4.99 Å². The molecule has 144 valence electrons. The van der Waals surface area contributed by atoms with Gasteiger partial charge in [-0.05, 0) is 49.0 Å². The molecule has 5 nitrogen and oxygen atoms in total. The molecule has 2 rings (SSSR count). The van der Waals surface area contributed by atoms with Crippen molar-refractivity contribution in [2.45, 2.75) is 32.9 Å². The second-order valence-electron chi connectivity index (χ2n) is 5.79. The van der Waals surface area contributed by atoms with Crippen molar-refractivity contribution in [3.63, 3.8) is 0 Å². The number of aliphatic imine (C=N–C) groups is 1. The van der Waals surface area contributed by atoms with E-state index in [1.807, 2.05) is 34.9 Å². The Morgan fingerprint density at radius 1 is 1.15 bits per heavy atom. The number of rotatable bonds is 10. The van der Waals surface area contributed by atoms with Gasteiger partial charge >= 0.3 is 0 Å². The minimum Gasteiger partial charge on any atom is -0.357 e. The largest absolute Gasteiger partial charge is 0.357 e. The lowest BCUT2D eigenvalue weighted by Gasteiger charge is -2.12. The molecule has 1 heterocycles. The zero-order chi connectivity index (χ0) is 17.7. The van der Waals surface area contributed by atoms with Gasteiger partial charge < -0.3 is 10.6 Å². The SMILES string of the molecule is CCNC(=NCc1ccccc1Cn1cccn1)NCCCCSC.I. The third kappa shape index (κ3) is 8.44. The van der Waals surface area contributed by atoms with Crippen LogP contribution in [-0.2, 0) is 13.1 Å². The van der Waals surface area contributed by atoms with Gasteiger partial charge in [-0.2, -0.15) is 16.9 Å². The first-order valence-corrected chi connectivity index (χ1v) is 10.3. The number of halogens is 1. The lowest BCUT2D eigenvalue weighted by atomic mass is 10.1. The summed E-state index contributed by atoms with van der Waals surface area (Å²) in [6.07, 6.45) is 8.35. The number of benzene rings is 1. The summed E-state index contributed by atoms with van der Waals surface area (Å²) in [5, 5.41) is 11.0. The van der Waals surface area contributed by atoms with Crippen molar-refractivity contribution in [2.75, 3.05) is 25.1 Å². The molecule has 0 atom stereocenters. The van der Waals surface area contributed by atoms with Crippen LogP contribution in [0.3, 0.4) is 0 Å². The molecule has 0 amide bonds. The van der Waals surface area contributed by atoms with Crippen molar-refractivity contribution >= 4 is 41.7 Å². The number of aromatic nitrogens is 2. The minimum atomic E-state index is 0. The maximum atomic E-state index is 4.75. The molecule has 0 aliphatic rings. The van der Waals surface area contributed by atoms with Crippen LogP contribution in [0.2, 0.25) is 0 Å². The smallest absolute Gasteiger partial charge is 0.191 e. The average molecular weight is 487 g/mol. The molecule has 1 aromatic carbocycles. The van der Waals surface area contributed by atoms with E-state index in [9.17, 15) is 0 Å². The monoisotopic (exact) mass is 487 g/mol. The van der Waals surface area contributed by atoms with Gasteiger partial charge in [0.15, 0.2) is 5.96 Å². The topological polar surface area (TPSA) is 54.2 Å². The standard InChI is InChI=1S/C19H29N5S.HI/c1-3-20-19(21-11-6-7-14-25-2)22-15-17-9-4-5-10-18(17)16-24-13-8-12-23-24;/h4-5,8-10,12-13H,3,6-7,11,14-16H2,1-2H3,(H2,20,21,22);1H. The van der Waals surface area contributed by atoms with Crippen LogP contribution in [0.4, 0.5) is 0 Å². The van der Waals surface area contributed by atoms with E-state index in [4.69, 9.17) is 4.99 Å². The van der Waals surface area contributed by atoms with E-state index in [1.54, 1.807) is 0 Å². The van der Waals surface area contributed by atoms with E-state index < -0.39 is 0 Å². The summed E-state index contributed by atoms with van der Waals surface area (Å²) in [6.45, 7) is 5.36. The second-order valence-corrected chi connectivity index (χ2v) is 6.78. The maximum absolute atomic E-state index is 4.75. The Morgan fingerprint density at radius 2 is 1.96 bits per heavy atom. The van der Waals surface area contributed by atoms with Gasteiger partial charge in [-0.15, -0.1) is 24.0 Å². The fraction of sp³-hybridized carbons (Fsp3) is 0.474. The van der Waals surface area contributed by atoms with Crippen LogP contribution in [0, 0.1) is 0 Å². The molecule has 0 saturated carbocycles. The molecule has 26 heavy (non-hydrogen) atoms. The number of nitrogens with one attached hydrogen (secondary N) is 2. The van der Waals surface area contributed by atoms with E-state index >= 15 is 0 Å². The van der Waals surface area contributed by atoms with Crippen LogP contribution in [-0.4, -0.2) is 40.8 Å². The van der Waals surface area contributed by atoms with Gasteiger partial charge in [0.05, 0.1) is 13.1 Å². The molecule has 0 bridgehead atoms. The summed E-state index contributed by atoms with van der Waals surface area (Å²) in [5.41, 5.74) is 2.49. The third-order valence-electron chi connectivity index (χ3n) is 3.83. The molecular weight excluding hydrogens is 457 g/mol. The molecule has 0 fully saturated rings. The van der Waals surface area contributed by atoms with Crippen molar-refractivity contribution in [1.82, 2.24) is 20.4 Å². The van der Waals surface area contributed by atoms with Crippen molar-refractivity contribution in [1.29, 1.82) is 0 Å². The molecule has 0 saturated heterocycles. The zero-order valence-electron chi connectivity index (χ0n) is 15.6. The number of unbranched alkanes of at least 4 members (excludes halogenated alkanes) is 1. The Kier molecular flexibility index (Phi) is 12.2. The number of guanidine groups is 1. The molecule has 0 aliphatic carbocycles. The van der Waals surface area contributed by atoms with Crippen LogP contribution in [0.25, 0.3) is 0 Å². The van der Waals surface area contributed by atoms with Gasteiger partial charge in [0.1, 0.15) is 0 Å². The molecule has 0 unspecified atom stereocenters. The molecule has 0 aliphatic heterocycles.